The number of unbranched alkanes of at least 4 members (excludes halogenated alkanes) is 1. The molecule has 1 fully saturated rings. The van der Waals surface area contributed by atoms with Crippen molar-refractivity contribution in [3.05, 3.63) is 60.2 Å². The van der Waals surface area contributed by atoms with Gasteiger partial charge < -0.3 is 19.4 Å². The highest BCUT2D eigenvalue weighted by molar-refractivity contribution is 5.98. The third kappa shape index (κ3) is 5.90. The van der Waals surface area contributed by atoms with Crippen LogP contribution in [0.5, 0.6) is 0 Å². The van der Waals surface area contributed by atoms with Crippen molar-refractivity contribution in [2.24, 2.45) is 11.1 Å². The van der Waals surface area contributed by atoms with Crippen molar-refractivity contribution in [1.82, 2.24) is 0 Å². The van der Waals surface area contributed by atoms with E-state index in [0.717, 1.165) is 30.5 Å². The first-order valence-electron chi connectivity index (χ1n) is 10.3. The van der Waals surface area contributed by atoms with E-state index >= 15 is 0 Å². The molecule has 2 aromatic rings. The van der Waals surface area contributed by atoms with Gasteiger partial charge in [0.25, 0.3) is 5.79 Å². The molecule has 0 aromatic heterocycles. The standard InChI is InChI=1S/C24H29NO5/c1-18(20-11-13-22(14-12-20)21-9-4-3-5-10-21)25-30-15-7-6-8-19-16-28-24(2,23(26)27)29-17-19/h3-5,9-14,19H,6-8,15-17H2,1-2H3,(H,26,27)/b25-18-. The zero-order valence-electron chi connectivity index (χ0n) is 17.5. The van der Waals surface area contributed by atoms with Gasteiger partial charge >= 0.3 is 5.97 Å². The zero-order valence-corrected chi connectivity index (χ0v) is 17.5. The molecule has 1 saturated heterocycles. The van der Waals surface area contributed by atoms with Crippen molar-refractivity contribution < 1.29 is 24.2 Å². The Morgan fingerprint density at radius 2 is 1.70 bits per heavy atom. The highest BCUT2D eigenvalue weighted by atomic mass is 16.7. The Morgan fingerprint density at radius 3 is 2.33 bits per heavy atom. The maximum Gasteiger partial charge on any atom is 0.364 e. The van der Waals surface area contributed by atoms with Crippen LogP contribution in [-0.4, -0.2) is 42.4 Å². The second-order valence-corrected chi connectivity index (χ2v) is 7.69. The van der Waals surface area contributed by atoms with Crippen molar-refractivity contribution in [2.45, 2.75) is 38.9 Å². The van der Waals surface area contributed by atoms with E-state index in [4.69, 9.17) is 19.4 Å². The van der Waals surface area contributed by atoms with Crippen LogP contribution in [0.3, 0.4) is 0 Å². The van der Waals surface area contributed by atoms with E-state index in [1.807, 2.05) is 25.1 Å². The van der Waals surface area contributed by atoms with E-state index in [1.54, 1.807) is 0 Å². The Bertz CT molecular complexity index is 840. The number of nitrogens with zero attached hydrogens (tertiary/aromatic N) is 1. The molecule has 1 N–H and O–H groups in total. The lowest BCUT2D eigenvalue weighted by Gasteiger charge is -2.34. The molecule has 30 heavy (non-hydrogen) atoms. The Kier molecular flexibility index (Phi) is 7.60. The molecule has 0 spiro atoms. The molecule has 6 heteroatoms. The van der Waals surface area contributed by atoms with Gasteiger partial charge in [-0.3, -0.25) is 0 Å². The van der Waals surface area contributed by atoms with Gasteiger partial charge in [-0.05, 0) is 42.9 Å². The first-order valence-corrected chi connectivity index (χ1v) is 10.3. The maximum atomic E-state index is 11.1. The summed E-state index contributed by atoms with van der Waals surface area (Å²) < 4.78 is 10.7. The number of hydrogen-bond acceptors (Lipinski definition) is 5. The fourth-order valence-corrected chi connectivity index (χ4v) is 3.26. The van der Waals surface area contributed by atoms with Gasteiger partial charge in [-0.15, -0.1) is 0 Å². The monoisotopic (exact) mass is 411 g/mol. The fourth-order valence-electron chi connectivity index (χ4n) is 3.26. The molecule has 0 amide bonds. The summed E-state index contributed by atoms with van der Waals surface area (Å²) in [6, 6.07) is 18.6. The summed E-state index contributed by atoms with van der Waals surface area (Å²) >= 11 is 0. The largest absolute Gasteiger partial charge is 0.477 e. The van der Waals surface area contributed by atoms with Crippen LogP contribution in [0.1, 0.15) is 38.7 Å². The van der Waals surface area contributed by atoms with E-state index in [1.165, 1.54) is 18.1 Å². The molecule has 1 aliphatic rings. The average Bonchev–Trinajstić information content (AvgIpc) is 2.78. The van der Waals surface area contributed by atoms with Gasteiger partial charge in [0.2, 0.25) is 0 Å². The van der Waals surface area contributed by atoms with Gasteiger partial charge in [-0.25, -0.2) is 4.79 Å². The van der Waals surface area contributed by atoms with E-state index < -0.39 is 11.8 Å². The normalized spacial score (nSPS) is 21.9. The second-order valence-electron chi connectivity index (χ2n) is 7.69. The number of rotatable bonds is 9. The molecule has 0 bridgehead atoms. The summed E-state index contributed by atoms with van der Waals surface area (Å²) in [6.45, 7) is 4.73. The summed E-state index contributed by atoms with van der Waals surface area (Å²) in [6.07, 6.45) is 2.72. The number of ether oxygens (including phenoxy) is 2. The lowest BCUT2D eigenvalue weighted by atomic mass is 10.0. The molecule has 1 aliphatic heterocycles. The van der Waals surface area contributed by atoms with Crippen LogP contribution in [0.4, 0.5) is 0 Å². The van der Waals surface area contributed by atoms with Crippen molar-refractivity contribution in [3.63, 3.8) is 0 Å². The number of hydrogen-bond donors (Lipinski definition) is 1. The average molecular weight is 411 g/mol. The number of benzene rings is 2. The van der Waals surface area contributed by atoms with Gasteiger partial charge in [0.05, 0.1) is 18.9 Å². The molecule has 0 saturated carbocycles. The van der Waals surface area contributed by atoms with Gasteiger partial charge in [-0.1, -0.05) is 59.8 Å². The van der Waals surface area contributed by atoms with Gasteiger partial charge in [0.15, 0.2) is 0 Å². The van der Waals surface area contributed by atoms with Gasteiger partial charge in [0.1, 0.15) is 6.61 Å². The predicted octanol–water partition coefficient (Wildman–Crippen LogP) is 4.73. The number of aliphatic carboxylic acids is 1. The summed E-state index contributed by atoms with van der Waals surface area (Å²) in [5.74, 6) is -2.38. The lowest BCUT2D eigenvalue weighted by Crippen LogP contribution is -2.47. The summed E-state index contributed by atoms with van der Waals surface area (Å²) in [5.41, 5.74) is 4.24. The number of carbonyl (C=O) groups is 1. The third-order valence-corrected chi connectivity index (χ3v) is 5.29. The quantitative estimate of drug-likeness (QED) is 0.367. The third-order valence-electron chi connectivity index (χ3n) is 5.29. The molecule has 3 rings (SSSR count). The van der Waals surface area contributed by atoms with Crippen LogP contribution in [0.15, 0.2) is 59.8 Å². The van der Waals surface area contributed by atoms with E-state index in [9.17, 15) is 4.79 Å². The van der Waals surface area contributed by atoms with Crippen molar-refractivity contribution in [1.29, 1.82) is 0 Å². The van der Waals surface area contributed by atoms with Crippen molar-refractivity contribution in [3.8, 4) is 11.1 Å². The molecule has 0 aliphatic carbocycles. The highest BCUT2D eigenvalue weighted by Gasteiger charge is 2.40. The minimum Gasteiger partial charge on any atom is -0.477 e. The first-order chi connectivity index (χ1) is 14.5. The smallest absolute Gasteiger partial charge is 0.364 e. The second kappa shape index (κ2) is 10.4. The van der Waals surface area contributed by atoms with Crippen LogP contribution >= 0.6 is 0 Å². The molecule has 0 atom stereocenters. The van der Waals surface area contributed by atoms with Gasteiger partial charge in [-0.2, -0.15) is 0 Å². The van der Waals surface area contributed by atoms with E-state index in [0.29, 0.717) is 19.8 Å². The minimum atomic E-state index is -1.51. The van der Waals surface area contributed by atoms with Crippen LogP contribution in [0.25, 0.3) is 11.1 Å². The molecule has 6 nitrogen and oxygen atoms in total. The Hall–Kier alpha value is -2.70. The van der Waals surface area contributed by atoms with E-state index in [-0.39, 0.29) is 5.92 Å². The van der Waals surface area contributed by atoms with Crippen molar-refractivity contribution in [2.75, 3.05) is 19.8 Å². The van der Waals surface area contributed by atoms with Crippen LogP contribution in [0.2, 0.25) is 0 Å². The highest BCUT2D eigenvalue weighted by Crippen LogP contribution is 2.24. The SMILES string of the molecule is C/C(=N/OCCCCC1COC(C)(C(=O)O)OC1)c1ccc(-c2ccccc2)cc1. The number of carboxylic acid groups (broad SMARTS) is 1. The van der Waals surface area contributed by atoms with Crippen molar-refractivity contribution >= 4 is 11.7 Å². The topological polar surface area (TPSA) is 77.4 Å². The Labute approximate surface area is 177 Å². The molecule has 1 heterocycles. The van der Waals surface area contributed by atoms with Gasteiger partial charge in [0, 0.05) is 12.8 Å². The maximum absolute atomic E-state index is 11.1. The molecular weight excluding hydrogens is 382 g/mol. The Balaban J connectivity index is 1.35. The molecule has 0 unspecified atom stereocenters. The molecule has 160 valence electrons. The number of carboxylic acids is 1. The lowest BCUT2D eigenvalue weighted by molar-refractivity contribution is -0.271. The summed E-state index contributed by atoms with van der Waals surface area (Å²) in [5, 5.41) is 13.3. The van der Waals surface area contributed by atoms with Crippen LogP contribution in [0, 0.1) is 5.92 Å². The number of oxime groups is 1. The first kappa shape index (κ1) is 22.0. The molecular formula is C24H29NO5. The molecule has 2 aromatic carbocycles. The fraction of sp³-hybridized carbons (Fsp3) is 0.417. The van der Waals surface area contributed by atoms with Crippen LogP contribution in [-0.2, 0) is 19.1 Å². The summed E-state index contributed by atoms with van der Waals surface area (Å²) in [7, 11) is 0. The summed E-state index contributed by atoms with van der Waals surface area (Å²) in [4.78, 5) is 16.5. The molecule has 0 radical (unpaired) electrons. The minimum absolute atomic E-state index is 0.214. The predicted molar refractivity (Wildman–Crippen MR) is 115 cm³/mol. The van der Waals surface area contributed by atoms with Crippen LogP contribution < -0.4 is 0 Å². The zero-order chi connectivity index (χ0) is 21.4. The van der Waals surface area contributed by atoms with E-state index in [2.05, 4.69) is 41.6 Å². The Morgan fingerprint density at radius 1 is 1.07 bits per heavy atom.